The molecule has 114 valence electrons. The molecule has 1 aromatic rings. The number of carbonyl (C=O) groups excluding carboxylic acids is 1. The average Bonchev–Trinajstić information content (AvgIpc) is 3.34. The van der Waals surface area contributed by atoms with Crippen molar-refractivity contribution in [3.63, 3.8) is 0 Å². The van der Waals surface area contributed by atoms with Crippen LogP contribution < -0.4 is 5.32 Å². The molecule has 0 bridgehead atoms. The summed E-state index contributed by atoms with van der Waals surface area (Å²) in [5, 5.41) is 16.0. The van der Waals surface area contributed by atoms with Crippen LogP contribution in [0.1, 0.15) is 37.7 Å². The first-order valence-electron chi connectivity index (χ1n) is 7.43. The first kappa shape index (κ1) is 14.4. The fraction of sp³-hybridized carbons (Fsp3) is 0.600. The monoisotopic (exact) mass is 308 g/mol. The van der Waals surface area contributed by atoms with E-state index >= 15 is 0 Å². The summed E-state index contributed by atoms with van der Waals surface area (Å²) in [5.41, 5.74) is 1.14. The van der Waals surface area contributed by atoms with E-state index in [4.69, 9.17) is 5.11 Å². The van der Waals surface area contributed by atoms with Gasteiger partial charge in [-0.2, -0.15) is 11.3 Å². The highest BCUT2D eigenvalue weighted by Crippen LogP contribution is 2.35. The summed E-state index contributed by atoms with van der Waals surface area (Å²) in [7, 11) is 0. The second kappa shape index (κ2) is 6.05. The van der Waals surface area contributed by atoms with E-state index in [2.05, 4.69) is 10.7 Å². The van der Waals surface area contributed by atoms with Crippen LogP contribution in [-0.2, 0) is 11.3 Å². The van der Waals surface area contributed by atoms with Crippen molar-refractivity contribution in [2.24, 2.45) is 5.92 Å². The molecule has 0 radical (unpaired) electrons. The van der Waals surface area contributed by atoms with Gasteiger partial charge in [-0.15, -0.1) is 0 Å². The molecule has 2 aliphatic carbocycles. The van der Waals surface area contributed by atoms with E-state index in [1.54, 1.807) is 11.3 Å². The Hall–Kier alpha value is -1.56. The third-order valence-corrected chi connectivity index (χ3v) is 4.81. The summed E-state index contributed by atoms with van der Waals surface area (Å²) in [5.74, 6) is -0.504. The number of hydrogen-bond acceptors (Lipinski definition) is 3. The van der Waals surface area contributed by atoms with Crippen LogP contribution in [0.15, 0.2) is 16.8 Å². The molecule has 0 saturated heterocycles. The molecule has 3 rings (SSSR count). The standard InChI is InChI=1S/C15H20N2O3S/c18-14(19)7-13(11-1-2-11)16-15(20)17(12-3-4-12)8-10-5-6-21-9-10/h5-6,9,11-13H,1-4,7-8H2,(H,16,20)(H,18,19). The van der Waals surface area contributed by atoms with Gasteiger partial charge in [-0.25, -0.2) is 4.79 Å². The number of thiophene rings is 1. The molecule has 1 atom stereocenters. The van der Waals surface area contributed by atoms with Crippen molar-refractivity contribution in [2.75, 3.05) is 0 Å². The number of carboxylic acids is 1. The van der Waals surface area contributed by atoms with Crippen LogP contribution in [0, 0.1) is 5.92 Å². The lowest BCUT2D eigenvalue weighted by Gasteiger charge is -2.26. The van der Waals surface area contributed by atoms with Gasteiger partial charge in [0.25, 0.3) is 0 Å². The van der Waals surface area contributed by atoms with Crippen LogP contribution in [0.3, 0.4) is 0 Å². The second-order valence-electron chi connectivity index (χ2n) is 5.98. The van der Waals surface area contributed by atoms with Crippen molar-refractivity contribution >= 4 is 23.3 Å². The lowest BCUT2D eigenvalue weighted by molar-refractivity contribution is -0.137. The Morgan fingerprint density at radius 1 is 1.38 bits per heavy atom. The molecular formula is C15H20N2O3S. The lowest BCUT2D eigenvalue weighted by atomic mass is 10.1. The van der Waals surface area contributed by atoms with Crippen molar-refractivity contribution in [1.29, 1.82) is 0 Å². The van der Waals surface area contributed by atoms with Gasteiger partial charge in [0.15, 0.2) is 0 Å². The number of nitrogens with one attached hydrogen (secondary N) is 1. The Balaban J connectivity index is 1.61. The molecule has 2 saturated carbocycles. The molecule has 6 heteroatoms. The number of aliphatic carboxylic acids is 1. The van der Waals surface area contributed by atoms with Gasteiger partial charge in [0.1, 0.15) is 0 Å². The maximum atomic E-state index is 12.5. The predicted octanol–water partition coefficient (Wildman–Crippen LogP) is 2.68. The Morgan fingerprint density at radius 3 is 2.67 bits per heavy atom. The topological polar surface area (TPSA) is 69.6 Å². The Labute approximate surface area is 128 Å². The third-order valence-electron chi connectivity index (χ3n) is 4.08. The zero-order valence-corrected chi connectivity index (χ0v) is 12.6. The van der Waals surface area contributed by atoms with Gasteiger partial charge in [-0.05, 0) is 54.0 Å². The summed E-state index contributed by atoms with van der Waals surface area (Å²) in [4.78, 5) is 25.3. The number of amides is 2. The normalized spacial score (nSPS) is 19.0. The number of nitrogens with zero attached hydrogens (tertiary/aromatic N) is 1. The van der Waals surface area contributed by atoms with Gasteiger partial charge in [0.05, 0.1) is 6.42 Å². The van der Waals surface area contributed by atoms with Crippen molar-refractivity contribution in [2.45, 2.75) is 50.7 Å². The summed E-state index contributed by atoms with van der Waals surface area (Å²) >= 11 is 1.63. The molecule has 2 fully saturated rings. The smallest absolute Gasteiger partial charge is 0.318 e. The minimum Gasteiger partial charge on any atom is -0.481 e. The molecule has 0 spiro atoms. The van der Waals surface area contributed by atoms with E-state index in [0.29, 0.717) is 18.5 Å². The highest BCUT2D eigenvalue weighted by molar-refractivity contribution is 7.07. The number of carbonyl (C=O) groups is 2. The van der Waals surface area contributed by atoms with E-state index in [1.165, 1.54) is 0 Å². The van der Waals surface area contributed by atoms with Crippen molar-refractivity contribution in [1.82, 2.24) is 10.2 Å². The SMILES string of the molecule is O=C(O)CC(NC(=O)N(Cc1ccsc1)C1CC1)C1CC1. The maximum Gasteiger partial charge on any atom is 0.318 e. The fourth-order valence-electron chi connectivity index (χ4n) is 2.60. The average molecular weight is 308 g/mol. The van der Waals surface area contributed by atoms with Crippen LogP contribution in [0.2, 0.25) is 0 Å². The van der Waals surface area contributed by atoms with Gasteiger partial charge in [-0.1, -0.05) is 0 Å². The van der Waals surface area contributed by atoms with E-state index in [0.717, 1.165) is 31.2 Å². The number of urea groups is 1. The summed E-state index contributed by atoms with van der Waals surface area (Å²) in [6, 6.07) is 2.01. The fourth-order valence-corrected chi connectivity index (χ4v) is 3.26. The van der Waals surface area contributed by atoms with Crippen LogP contribution in [0.25, 0.3) is 0 Å². The van der Waals surface area contributed by atoms with Crippen LogP contribution in [0.4, 0.5) is 4.79 Å². The summed E-state index contributed by atoms with van der Waals surface area (Å²) in [6.45, 7) is 0.616. The van der Waals surface area contributed by atoms with Gasteiger partial charge < -0.3 is 15.3 Å². The van der Waals surface area contributed by atoms with Gasteiger partial charge in [-0.3, -0.25) is 4.79 Å². The first-order chi connectivity index (χ1) is 10.1. The van der Waals surface area contributed by atoms with Crippen LogP contribution in [0.5, 0.6) is 0 Å². The van der Waals surface area contributed by atoms with Gasteiger partial charge >= 0.3 is 12.0 Å². The second-order valence-corrected chi connectivity index (χ2v) is 6.76. The molecule has 2 aliphatic rings. The van der Waals surface area contributed by atoms with E-state index in [-0.39, 0.29) is 18.5 Å². The maximum absolute atomic E-state index is 12.5. The van der Waals surface area contributed by atoms with Crippen molar-refractivity contribution < 1.29 is 14.7 Å². The zero-order valence-electron chi connectivity index (χ0n) is 11.8. The predicted molar refractivity (Wildman–Crippen MR) is 80.2 cm³/mol. The van der Waals surface area contributed by atoms with Crippen molar-refractivity contribution in [3.8, 4) is 0 Å². The Morgan fingerprint density at radius 2 is 2.14 bits per heavy atom. The zero-order chi connectivity index (χ0) is 14.8. The molecule has 0 aliphatic heterocycles. The van der Waals surface area contributed by atoms with E-state index in [1.807, 2.05) is 16.3 Å². The first-order valence-corrected chi connectivity index (χ1v) is 8.38. The molecule has 0 aromatic carbocycles. The van der Waals surface area contributed by atoms with E-state index in [9.17, 15) is 9.59 Å². The summed E-state index contributed by atoms with van der Waals surface area (Å²) < 4.78 is 0. The summed E-state index contributed by atoms with van der Waals surface area (Å²) in [6.07, 6.45) is 4.15. The van der Waals surface area contributed by atoms with Gasteiger partial charge in [0.2, 0.25) is 0 Å². The molecule has 5 nitrogen and oxygen atoms in total. The molecule has 21 heavy (non-hydrogen) atoms. The molecule has 1 aromatic heterocycles. The molecular weight excluding hydrogens is 288 g/mol. The van der Waals surface area contributed by atoms with Crippen molar-refractivity contribution in [3.05, 3.63) is 22.4 Å². The molecule has 2 N–H and O–H groups in total. The highest BCUT2D eigenvalue weighted by atomic mass is 32.1. The number of rotatable bonds is 7. The third kappa shape index (κ3) is 3.97. The molecule has 1 unspecified atom stereocenters. The molecule has 2 amide bonds. The van der Waals surface area contributed by atoms with Crippen LogP contribution >= 0.6 is 11.3 Å². The van der Waals surface area contributed by atoms with Crippen LogP contribution in [-0.4, -0.2) is 34.1 Å². The quantitative estimate of drug-likeness (QED) is 0.813. The Kier molecular flexibility index (Phi) is 4.14. The van der Waals surface area contributed by atoms with Gasteiger partial charge in [0, 0.05) is 18.6 Å². The lowest BCUT2D eigenvalue weighted by Crippen LogP contribution is -2.47. The number of carboxylic acid groups (broad SMARTS) is 1. The Bertz CT molecular complexity index is 509. The molecule has 1 heterocycles. The minimum atomic E-state index is -0.844. The largest absolute Gasteiger partial charge is 0.481 e. The highest BCUT2D eigenvalue weighted by Gasteiger charge is 2.37. The van der Waals surface area contributed by atoms with E-state index < -0.39 is 5.97 Å². The minimum absolute atomic E-state index is 0.0212. The number of hydrogen-bond donors (Lipinski definition) is 2.